The maximum absolute atomic E-state index is 4.32. The zero-order chi connectivity index (χ0) is 16.4. The Labute approximate surface area is 159 Å². The lowest BCUT2D eigenvalue weighted by molar-refractivity contribution is 0.332. The maximum Gasteiger partial charge on any atom is 0.191 e. The molecule has 0 bridgehead atoms. The van der Waals surface area contributed by atoms with Crippen LogP contribution < -0.4 is 10.6 Å². The number of unbranched alkanes of at least 4 members (excludes halogenated alkanes) is 1. The molecule has 0 aromatic heterocycles. The molecule has 1 rings (SSSR count). The number of aryl methyl sites for hydroxylation is 1. The Morgan fingerprint density at radius 2 is 1.96 bits per heavy atom. The molecule has 0 fully saturated rings. The predicted octanol–water partition coefficient (Wildman–Crippen LogP) is 3.57. The minimum Gasteiger partial charge on any atom is -0.355 e. The maximum atomic E-state index is 4.32. The second kappa shape index (κ2) is 12.6. The van der Waals surface area contributed by atoms with Gasteiger partial charge in [-0.25, -0.2) is 0 Å². The lowest BCUT2D eigenvalue weighted by Crippen LogP contribution is -2.42. The summed E-state index contributed by atoms with van der Waals surface area (Å²) in [6.45, 7) is 9.63. The minimum absolute atomic E-state index is 0. The summed E-state index contributed by atoms with van der Waals surface area (Å²) in [5.41, 5.74) is 2.61. The van der Waals surface area contributed by atoms with Gasteiger partial charge in [0.05, 0.1) is 6.04 Å². The summed E-state index contributed by atoms with van der Waals surface area (Å²) in [4.78, 5) is 6.67. The second-order valence-electron chi connectivity index (χ2n) is 5.88. The number of hydrogen-bond acceptors (Lipinski definition) is 2. The highest BCUT2D eigenvalue weighted by Gasteiger charge is 2.09. The van der Waals surface area contributed by atoms with E-state index in [0.717, 1.165) is 25.6 Å². The third-order valence-corrected chi connectivity index (χ3v) is 3.91. The molecule has 0 saturated carbocycles. The highest BCUT2D eigenvalue weighted by atomic mass is 127. The van der Waals surface area contributed by atoms with Crippen LogP contribution in [0.15, 0.2) is 29.3 Å². The summed E-state index contributed by atoms with van der Waals surface area (Å²) >= 11 is 0. The van der Waals surface area contributed by atoms with Crippen molar-refractivity contribution in [3.8, 4) is 0 Å². The van der Waals surface area contributed by atoms with E-state index in [1.54, 1.807) is 0 Å². The number of nitrogens with zero attached hydrogens (tertiary/aromatic N) is 2. The molecule has 4 nitrogen and oxygen atoms in total. The first-order valence-corrected chi connectivity index (χ1v) is 8.29. The van der Waals surface area contributed by atoms with Crippen molar-refractivity contribution >= 4 is 29.9 Å². The third-order valence-electron chi connectivity index (χ3n) is 3.91. The molecule has 1 aromatic carbocycles. The molecule has 1 atom stereocenters. The van der Waals surface area contributed by atoms with Gasteiger partial charge < -0.3 is 15.5 Å². The van der Waals surface area contributed by atoms with Gasteiger partial charge in [-0.15, -0.1) is 24.0 Å². The number of nitrogens with one attached hydrogen (secondary N) is 2. The molecular formula is C18H33IN4. The van der Waals surface area contributed by atoms with Crippen molar-refractivity contribution < 1.29 is 0 Å². The fourth-order valence-electron chi connectivity index (χ4n) is 2.46. The molecule has 0 aliphatic carbocycles. The van der Waals surface area contributed by atoms with Crippen LogP contribution >= 0.6 is 24.0 Å². The van der Waals surface area contributed by atoms with Crippen molar-refractivity contribution in [1.29, 1.82) is 0 Å². The lowest BCUT2D eigenvalue weighted by Gasteiger charge is -2.21. The van der Waals surface area contributed by atoms with E-state index in [9.17, 15) is 0 Å². The van der Waals surface area contributed by atoms with Gasteiger partial charge >= 0.3 is 0 Å². The monoisotopic (exact) mass is 432 g/mol. The highest BCUT2D eigenvalue weighted by Crippen LogP contribution is 2.16. The van der Waals surface area contributed by atoms with Crippen LogP contribution in [-0.2, 0) is 0 Å². The molecule has 0 amide bonds. The van der Waals surface area contributed by atoms with E-state index >= 15 is 0 Å². The van der Waals surface area contributed by atoms with Crippen molar-refractivity contribution in [2.45, 2.75) is 39.7 Å². The van der Waals surface area contributed by atoms with Gasteiger partial charge in [0.2, 0.25) is 0 Å². The van der Waals surface area contributed by atoms with Crippen LogP contribution in [0.1, 0.15) is 43.9 Å². The Morgan fingerprint density at radius 1 is 1.26 bits per heavy atom. The number of aliphatic imine (C=N–C) groups is 1. The van der Waals surface area contributed by atoms with Crippen molar-refractivity contribution in [2.75, 3.05) is 33.7 Å². The molecule has 0 spiro atoms. The largest absolute Gasteiger partial charge is 0.355 e. The summed E-state index contributed by atoms with van der Waals surface area (Å²) in [5, 5.41) is 6.86. The first-order valence-electron chi connectivity index (χ1n) is 8.29. The van der Waals surface area contributed by atoms with E-state index in [-0.39, 0.29) is 30.0 Å². The Bertz CT molecular complexity index is 462. The van der Waals surface area contributed by atoms with E-state index < -0.39 is 0 Å². The Hall–Kier alpha value is -0.820. The number of benzene rings is 1. The summed E-state index contributed by atoms with van der Waals surface area (Å²) in [5.74, 6) is 0.861. The molecule has 0 radical (unpaired) electrons. The molecule has 0 saturated heterocycles. The van der Waals surface area contributed by atoms with Crippen LogP contribution in [0.25, 0.3) is 0 Å². The quantitative estimate of drug-likeness (QED) is 0.375. The SMILES string of the molecule is CCCCN(C)CCNC(=NC)NC(C)c1ccccc1C.I. The number of halogens is 1. The molecule has 1 unspecified atom stereocenters. The van der Waals surface area contributed by atoms with Crippen molar-refractivity contribution in [3.63, 3.8) is 0 Å². The van der Waals surface area contributed by atoms with Crippen LogP contribution in [0.2, 0.25) is 0 Å². The number of hydrogen-bond donors (Lipinski definition) is 2. The normalized spacial score (nSPS) is 12.7. The predicted molar refractivity (Wildman–Crippen MR) is 112 cm³/mol. The minimum atomic E-state index is 0. The van der Waals surface area contributed by atoms with Gasteiger partial charge in [0.25, 0.3) is 0 Å². The average molecular weight is 432 g/mol. The standard InChI is InChI=1S/C18H32N4.HI/c1-6-7-13-22(5)14-12-20-18(19-4)21-16(3)17-11-9-8-10-15(17)2;/h8-11,16H,6-7,12-14H2,1-5H3,(H2,19,20,21);1H. The zero-order valence-electron chi connectivity index (χ0n) is 15.2. The number of guanidine groups is 1. The Morgan fingerprint density at radius 3 is 2.57 bits per heavy atom. The van der Waals surface area contributed by atoms with E-state index in [1.165, 1.54) is 24.0 Å². The molecule has 0 aliphatic heterocycles. The first-order chi connectivity index (χ1) is 10.6. The van der Waals surface area contributed by atoms with Crippen molar-refractivity contribution in [1.82, 2.24) is 15.5 Å². The van der Waals surface area contributed by atoms with Crippen molar-refractivity contribution in [2.24, 2.45) is 4.99 Å². The van der Waals surface area contributed by atoms with Crippen LogP contribution in [0.3, 0.4) is 0 Å². The van der Waals surface area contributed by atoms with E-state index in [0.29, 0.717) is 0 Å². The highest BCUT2D eigenvalue weighted by molar-refractivity contribution is 14.0. The lowest BCUT2D eigenvalue weighted by atomic mass is 10.0. The first kappa shape index (κ1) is 22.2. The van der Waals surface area contributed by atoms with Gasteiger partial charge in [-0.1, -0.05) is 37.6 Å². The smallest absolute Gasteiger partial charge is 0.191 e. The molecule has 1 aromatic rings. The van der Waals surface area contributed by atoms with E-state index in [4.69, 9.17) is 0 Å². The topological polar surface area (TPSA) is 39.7 Å². The van der Waals surface area contributed by atoms with Gasteiger partial charge in [0.1, 0.15) is 0 Å². The van der Waals surface area contributed by atoms with Gasteiger partial charge in [-0.2, -0.15) is 0 Å². The fraction of sp³-hybridized carbons (Fsp3) is 0.611. The molecular weight excluding hydrogens is 399 g/mol. The van der Waals surface area contributed by atoms with Crippen LogP contribution in [0.5, 0.6) is 0 Å². The number of likely N-dealkylation sites (N-methyl/N-ethyl adjacent to an activating group) is 1. The zero-order valence-corrected chi connectivity index (χ0v) is 17.6. The number of rotatable bonds is 8. The van der Waals surface area contributed by atoms with Gasteiger partial charge in [-0.3, -0.25) is 4.99 Å². The van der Waals surface area contributed by atoms with Gasteiger partial charge in [-0.05, 0) is 45.0 Å². The average Bonchev–Trinajstić information content (AvgIpc) is 2.52. The van der Waals surface area contributed by atoms with E-state index in [1.807, 2.05) is 7.05 Å². The molecule has 5 heteroatoms. The van der Waals surface area contributed by atoms with Gasteiger partial charge in [0.15, 0.2) is 5.96 Å². The summed E-state index contributed by atoms with van der Waals surface area (Å²) in [6.07, 6.45) is 2.50. The molecule has 132 valence electrons. The molecule has 0 heterocycles. The van der Waals surface area contributed by atoms with E-state index in [2.05, 4.69) is 72.6 Å². The Kier molecular flexibility index (Phi) is 12.1. The summed E-state index contributed by atoms with van der Waals surface area (Å²) in [6, 6.07) is 8.71. The summed E-state index contributed by atoms with van der Waals surface area (Å²) < 4.78 is 0. The second-order valence-corrected chi connectivity index (χ2v) is 5.88. The van der Waals surface area contributed by atoms with Crippen molar-refractivity contribution in [3.05, 3.63) is 35.4 Å². The van der Waals surface area contributed by atoms with Crippen LogP contribution in [0, 0.1) is 6.92 Å². The van der Waals surface area contributed by atoms with Gasteiger partial charge in [0, 0.05) is 20.1 Å². The molecule has 0 aliphatic rings. The molecule has 23 heavy (non-hydrogen) atoms. The third kappa shape index (κ3) is 8.55. The summed E-state index contributed by atoms with van der Waals surface area (Å²) in [7, 11) is 3.99. The fourth-order valence-corrected chi connectivity index (χ4v) is 2.46. The Balaban J connectivity index is 0.00000484. The molecule has 2 N–H and O–H groups in total. The van der Waals surface area contributed by atoms with Crippen LogP contribution in [-0.4, -0.2) is 44.6 Å². The van der Waals surface area contributed by atoms with Crippen LogP contribution in [0.4, 0.5) is 0 Å².